The molecule has 0 amide bonds. The quantitative estimate of drug-likeness (QED) is 0.780. The van der Waals surface area contributed by atoms with Crippen molar-refractivity contribution in [3.63, 3.8) is 0 Å². The second-order valence-corrected chi connectivity index (χ2v) is 7.95. The van der Waals surface area contributed by atoms with Crippen LogP contribution in [0.1, 0.15) is 55.4 Å². The molecule has 0 aromatic carbocycles. The van der Waals surface area contributed by atoms with E-state index in [4.69, 9.17) is 7.85 Å². The number of Topliss-reactive ketones (excluding diaryl/α,β-unsaturated/α-hetero) is 1. The summed E-state index contributed by atoms with van der Waals surface area (Å²) in [4.78, 5) is 12.6. The first-order chi connectivity index (χ1) is 9.27. The summed E-state index contributed by atoms with van der Waals surface area (Å²) in [5.41, 5.74) is 0.0784. The highest BCUT2D eigenvalue weighted by Gasteiger charge is 2.49. The van der Waals surface area contributed by atoms with Gasteiger partial charge < -0.3 is 5.11 Å². The molecular weight excluding hydrogens is 259 g/mol. The van der Waals surface area contributed by atoms with Gasteiger partial charge in [-0.25, -0.2) is 0 Å². The average Bonchev–Trinajstić information content (AvgIpc) is 2.66. The van der Waals surface area contributed by atoms with E-state index in [2.05, 4.69) is 27.7 Å². The van der Waals surface area contributed by atoms with E-state index in [0.29, 0.717) is 11.5 Å². The third-order valence-electron chi connectivity index (χ3n) is 5.16. The zero-order valence-corrected chi connectivity index (χ0v) is 14.7. The lowest BCUT2D eigenvalue weighted by molar-refractivity contribution is -0.130. The van der Waals surface area contributed by atoms with Gasteiger partial charge in [0.25, 0.3) is 0 Å². The fourth-order valence-electron chi connectivity index (χ4n) is 2.86. The predicted molar refractivity (Wildman–Crippen MR) is 89.4 cm³/mol. The summed E-state index contributed by atoms with van der Waals surface area (Å²) in [5, 5.41) is 9.28. The maximum atomic E-state index is 12.6. The van der Waals surface area contributed by atoms with Crippen LogP contribution < -0.4 is 0 Å². The molecule has 21 heavy (non-hydrogen) atoms. The Kier molecular flexibility index (Phi) is 4.71. The Morgan fingerprint density at radius 3 is 1.95 bits per heavy atom. The van der Waals surface area contributed by atoms with E-state index in [-0.39, 0.29) is 17.1 Å². The monoisotopic (exact) mass is 288 g/mol. The molecule has 0 aromatic rings. The summed E-state index contributed by atoms with van der Waals surface area (Å²) in [6.45, 7) is 15.7. The zero-order chi connectivity index (χ0) is 16.8. The zero-order valence-electron chi connectivity index (χ0n) is 14.7. The van der Waals surface area contributed by atoms with Crippen molar-refractivity contribution >= 4 is 13.6 Å². The predicted octanol–water partition coefficient (Wildman–Crippen LogP) is 3.86. The summed E-state index contributed by atoms with van der Waals surface area (Å²) in [7, 11) is 6.74. The van der Waals surface area contributed by atoms with Gasteiger partial charge in [0, 0.05) is 0 Å². The van der Waals surface area contributed by atoms with Crippen molar-refractivity contribution in [1.29, 1.82) is 0 Å². The highest BCUT2D eigenvalue weighted by atomic mass is 16.3. The number of ketones is 1. The molecule has 0 saturated carbocycles. The van der Waals surface area contributed by atoms with Gasteiger partial charge in [-0.3, -0.25) is 4.79 Å². The summed E-state index contributed by atoms with van der Waals surface area (Å²) in [6, 6.07) is 0. The topological polar surface area (TPSA) is 37.3 Å². The molecule has 1 aliphatic rings. The van der Waals surface area contributed by atoms with Crippen LogP contribution in [0.4, 0.5) is 0 Å². The Bertz CT molecular complexity index is 490. The molecule has 2 nitrogen and oxygen atoms in total. The van der Waals surface area contributed by atoms with E-state index in [1.54, 1.807) is 6.08 Å². The van der Waals surface area contributed by atoms with E-state index in [1.807, 2.05) is 19.9 Å². The van der Waals surface area contributed by atoms with Crippen LogP contribution in [0, 0.1) is 17.3 Å². The van der Waals surface area contributed by atoms with Crippen molar-refractivity contribution < 1.29 is 9.90 Å². The van der Waals surface area contributed by atoms with Crippen LogP contribution in [0.5, 0.6) is 0 Å². The number of carbonyl (C=O) groups is 1. The van der Waals surface area contributed by atoms with Crippen LogP contribution in [0.25, 0.3) is 0 Å². The minimum atomic E-state index is -1.41. The Labute approximate surface area is 131 Å². The Morgan fingerprint density at radius 1 is 1.14 bits per heavy atom. The van der Waals surface area contributed by atoms with Crippen LogP contribution in [0.2, 0.25) is 5.31 Å². The molecule has 0 saturated heterocycles. The smallest absolute Gasteiger partial charge is 0.189 e. The number of hydrogen-bond acceptors (Lipinski definition) is 2. The number of allylic oxidation sites excluding steroid dienone is 3. The number of carbonyl (C=O) groups excluding carboxylic acids is 1. The van der Waals surface area contributed by atoms with E-state index in [0.717, 1.165) is 5.57 Å². The molecule has 1 N–H and O–H groups in total. The molecule has 0 heterocycles. The van der Waals surface area contributed by atoms with Gasteiger partial charge in [0.1, 0.15) is 5.60 Å². The summed E-state index contributed by atoms with van der Waals surface area (Å²) >= 11 is 0. The first-order valence-corrected chi connectivity index (χ1v) is 7.76. The third-order valence-corrected chi connectivity index (χ3v) is 5.16. The van der Waals surface area contributed by atoms with Gasteiger partial charge in [0.05, 0.1) is 7.85 Å². The van der Waals surface area contributed by atoms with E-state index >= 15 is 0 Å². The Hall–Kier alpha value is -0.825. The lowest BCUT2D eigenvalue weighted by atomic mass is 9.48. The van der Waals surface area contributed by atoms with Crippen LogP contribution >= 0.6 is 0 Å². The first-order valence-electron chi connectivity index (χ1n) is 7.76. The van der Waals surface area contributed by atoms with E-state index < -0.39 is 10.9 Å². The van der Waals surface area contributed by atoms with Crippen LogP contribution in [0.15, 0.2) is 23.3 Å². The highest BCUT2D eigenvalue weighted by molar-refractivity contribution is 6.26. The maximum Gasteiger partial charge on any atom is 0.189 e. The fourth-order valence-corrected chi connectivity index (χ4v) is 2.86. The molecule has 0 fully saturated rings. The fraction of sp³-hybridized carbons (Fsp3) is 0.722. The van der Waals surface area contributed by atoms with Crippen molar-refractivity contribution in [1.82, 2.24) is 0 Å². The second-order valence-electron chi connectivity index (χ2n) is 7.95. The molecule has 1 rings (SSSR count). The van der Waals surface area contributed by atoms with Gasteiger partial charge in [-0.05, 0) is 42.0 Å². The van der Waals surface area contributed by atoms with Gasteiger partial charge in [-0.1, -0.05) is 59.3 Å². The summed E-state index contributed by atoms with van der Waals surface area (Å²) in [6.07, 6.45) is 3.79. The van der Waals surface area contributed by atoms with Crippen molar-refractivity contribution in [3.05, 3.63) is 23.3 Å². The molecule has 1 atom stereocenters. The van der Waals surface area contributed by atoms with Crippen LogP contribution in [-0.2, 0) is 4.79 Å². The Balaban J connectivity index is 3.37. The molecule has 0 aliphatic heterocycles. The lowest BCUT2D eigenvalue weighted by Gasteiger charge is -2.45. The molecular formula is C18H29BO2. The minimum absolute atomic E-state index is 0.0711. The molecule has 0 bridgehead atoms. The van der Waals surface area contributed by atoms with Crippen molar-refractivity contribution in [2.24, 2.45) is 17.3 Å². The standard InChI is InChI=1S/C18H29BO2/c1-11(2)16(5,6)14-10-9-13(15(20)17(7,8)21)18(14,19)12(3)4/h9-12,21H,1-8H3. The first kappa shape index (κ1) is 18.2. The number of hydrogen-bond donors (Lipinski definition) is 1. The van der Waals surface area contributed by atoms with Crippen molar-refractivity contribution in [2.75, 3.05) is 0 Å². The summed E-state index contributed by atoms with van der Waals surface area (Å²) in [5.74, 6) is 0.182. The second kappa shape index (κ2) is 5.42. The largest absolute Gasteiger partial charge is 0.382 e. The molecule has 0 spiro atoms. The van der Waals surface area contributed by atoms with E-state index in [9.17, 15) is 9.90 Å². The molecule has 3 heteroatoms. The Morgan fingerprint density at radius 2 is 1.62 bits per heavy atom. The van der Waals surface area contributed by atoms with Gasteiger partial charge in [0.2, 0.25) is 0 Å². The maximum absolute atomic E-state index is 12.6. The third kappa shape index (κ3) is 2.90. The van der Waals surface area contributed by atoms with E-state index in [1.165, 1.54) is 13.8 Å². The summed E-state index contributed by atoms with van der Waals surface area (Å²) < 4.78 is 0. The highest BCUT2D eigenvalue weighted by Crippen LogP contribution is 2.58. The normalized spacial score (nSPS) is 23.6. The van der Waals surface area contributed by atoms with Crippen LogP contribution in [0.3, 0.4) is 0 Å². The minimum Gasteiger partial charge on any atom is -0.382 e. The van der Waals surface area contributed by atoms with Gasteiger partial charge >= 0.3 is 0 Å². The number of aliphatic hydroxyl groups is 1. The lowest BCUT2D eigenvalue weighted by Crippen LogP contribution is -2.40. The van der Waals surface area contributed by atoms with Gasteiger partial charge in [0.15, 0.2) is 5.78 Å². The van der Waals surface area contributed by atoms with Crippen molar-refractivity contribution in [2.45, 2.75) is 66.3 Å². The van der Waals surface area contributed by atoms with Gasteiger partial charge in [-0.15, -0.1) is 0 Å². The molecule has 1 unspecified atom stereocenters. The average molecular weight is 288 g/mol. The molecule has 116 valence electrons. The number of rotatable bonds is 5. The van der Waals surface area contributed by atoms with Crippen molar-refractivity contribution in [3.8, 4) is 0 Å². The SMILES string of the molecule is [B]C1(C(C)C)C(C(=O)C(C)(C)O)=CC=C1C(C)(C)C(C)C. The molecule has 0 aromatic heterocycles. The molecule has 2 radical (unpaired) electrons. The van der Waals surface area contributed by atoms with Crippen LogP contribution in [-0.4, -0.2) is 24.3 Å². The molecule has 1 aliphatic carbocycles. The van der Waals surface area contributed by atoms with Gasteiger partial charge in [-0.2, -0.15) is 0 Å².